The van der Waals surface area contributed by atoms with Crippen molar-refractivity contribution in [2.45, 2.75) is 19.5 Å². The van der Waals surface area contributed by atoms with Gasteiger partial charge in [0.2, 0.25) is 0 Å². The topological polar surface area (TPSA) is 6.48 Å². The van der Waals surface area contributed by atoms with Crippen molar-refractivity contribution in [2.24, 2.45) is 0 Å². The molecule has 0 amide bonds. The van der Waals surface area contributed by atoms with Gasteiger partial charge in [-0.05, 0) is 41.8 Å². The van der Waals surface area contributed by atoms with Crippen molar-refractivity contribution >= 4 is 35.3 Å². The zero-order valence-electron chi connectivity index (χ0n) is 12.2. The molecule has 0 aliphatic carbocycles. The van der Waals surface area contributed by atoms with E-state index in [0.717, 1.165) is 36.2 Å². The van der Waals surface area contributed by atoms with Gasteiger partial charge in [-0.2, -0.15) is 0 Å². The van der Waals surface area contributed by atoms with Crippen molar-refractivity contribution < 1.29 is 0 Å². The normalized spacial score (nSPS) is 16.8. The van der Waals surface area contributed by atoms with Crippen LogP contribution >= 0.6 is 35.3 Å². The SMILES string of the molecule is Clc1ccc(CN2CCCN(Cc3ccc(Cl)cc3)S2)cc1. The standard InChI is InChI=1S/C17H18Cl2N2S/c18-16-6-2-14(3-7-16)12-20-10-1-11-21(22-20)13-15-4-8-17(19)9-5-15/h2-9H,1,10-13H2. The average Bonchev–Trinajstić information content (AvgIpc) is 2.52. The molecular formula is C17H18Cl2N2S. The van der Waals surface area contributed by atoms with Crippen LogP contribution in [0.3, 0.4) is 0 Å². The molecule has 2 aromatic carbocycles. The van der Waals surface area contributed by atoms with Crippen LogP contribution in [0, 0.1) is 0 Å². The Hall–Kier alpha value is -0.710. The molecule has 2 aromatic rings. The molecule has 0 saturated carbocycles. The van der Waals surface area contributed by atoms with Gasteiger partial charge in [-0.25, -0.2) is 8.61 Å². The lowest BCUT2D eigenvalue weighted by molar-refractivity contribution is 0.335. The summed E-state index contributed by atoms with van der Waals surface area (Å²) in [4.78, 5) is 0. The summed E-state index contributed by atoms with van der Waals surface area (Å²) in [6, 6.07) is 16.2. The molecule has 0 atom stereocenters. The van der Waals surface area contributed by atoms with Gasteiger partial charge >= 0.3 is 0 Å². The fourth-order valence-corrected chi connectivity index (χ4v) is 3.88. The summed E-state index contributed by atoms with van der Waals surface area (Å²) in [5, 5.41) is 1.58. The Balaban J connectivity index is 1.56. The zero-order valence-corrected chi connectivity index (χ0v) is 14.5. The fraction of sp³-hybridized carbons (Fsp3) is 0.294. The van der Waals surface area contributed by atoms with Crippen molar-refractivity contribution in [3.63, 3.8) is 0 Å². The van der Waals surface area contributed by atoms with Crippen LogP contribution in [0.1, 0.15) is 17.5 Å². The molecule has 0 bridgehead atoms. The first kappa shape index (κ1) is 16.2. The summed E-state index contributed by atoms with van der Waals surface area (Å²) in [6.45, 7) is 4.12. The Morgan fingerprint density at radius 1 is 0.727 bits per heavy atom. The molecule has 0 unspecified atom stereocenters. The molecule has 0 aromatic heterocycles. The zero-order chi connectivity index (χ0) is 15.4. The largest absolute Gasteiger partial charge is 0.233 e. The molecule has 22 heavy (non-hydrogen) atoms. The number of halogens is 2. The van der Waals surface area contributed by atoms with E-state index in [9.17, 15) is 0 Å². The molecule has 1 aliphatic heterocycles. The molecule has 2 nitrogen and oxygen atoms in total. The maximum Gasteiger partial charge on any atom is 0.0406 e. The molecule has 0 radical (unpaired) electrons. The molecule has 1 fully saturated rings. The minimum absolute atomic E-state index is 0.791. The van der Waals surface area contributed by atoms with Crippen LogP contribution in [0.2, 0.25) is 10.0 Å². The summed E-state index contributed by atoms with van der Waals surface area (Å²) in [6.07, 6.45) is 1.19. The Bertz CT molecular complexity index is 548. The molecule has 116 valence electrons. The third-order valence-electron chi connectivity index (χ3n) is 3.59. The molecule has 1 heterocycles. The smallest absolute Gasteiger partial charge is 0.0406 e. The highest BCUT2D eigenvalue weighted by Gasteiger charge is 2.19. The number of benzene rings is 2. The van der Waals surface area contributed by atoms with Crippen LogP contribution in [0.25, 0.3) is 0 Å². The fourth-order valence-electron chi connectivity index (χ4n) is 2.47. The van der Waals surface area contributed by atoms with Gasteiger partial charge in [0.15, 0.2) is 0 Å². The van der Waals surface area contributed by atoms with E-state index in [-0.39, 0.29) is 0 Å². The van der Waals surface area contributed by atoms with E-state index >= 15 is 0 Å². The maximum absolute atomic E-state index is 5.94. The van der Waals surface area contributed by atoms with Crippen molar-refractivity contribution in [1.82, 2.24) is 8.61 Å². The Labute approximate surface area is 146 Å². The molecular weight excluding hydrogens is 335 g/mol. The van der Waals surface area contributed by atoms with E-state index < -0.39 is 0 Å². The van der Waals surface area contributed by atoms with E-state index in [2.05, 4.69) is 32.9 Å². The lowest BCUT2D eigenvalue weighted by atomic mass is 10.2. The van der Waals surface area contributed by atoms with E-state index in [0.29, 0.717) is 0 Å². The summed E-state index contributed by atoms with van der Waals surface area (Å²) in [5.74, 6) is 0. The average molecular weight is 353 g/mol. The minimum Gasteiger partial charge on any atom is -0.233 e. The van der Waals surface area contributed by atoms with Gasteiger partial charge in [0, 0.05) is 48.4 Å². The summed E-state index contributed by atoms with van der Waals surface area (Å²) >= 11 is 13.7. The highest BCUT2D eigenvalue weighted by atomic mass is 35.5. The number of hydrogen-bond donors (Lipinski definition) is 0. The third-order valence-corrected chi connectivity index (χ3v) is 5.18. The lowest BCUT2D eigenvalue weighted by Crippen LogP contribution is -2.33. The van der Waals surface area contributed by atoms with Gasteiger partial charge in [0.25, 0.3) is 0 Å². The van der Waals surface area contributed by atoms with Crippen LogP contribution in [-0.4, -0.2) is 21.7 Å². The number of nitrogens with zero attached hydrogens (tertiary/aromatic N) is 2. The highest BCUT2D eigenvalue weighted by molar-refractivity contribution is 7.94. The van der Waals surface area contributed by atoms with Crippen molar-refractivity contribution in [1.29, 1.82) is 0 Å². The van der Waals surface area contributed by atoms with Gasteiger partial charge < -0.3 is 0 Å². The third kappa shape index (κ3) is 4.64. The predicted molar refractivity (Wildman–Crippen MR) is 95.9 cm³/mol. The van der Waals surface area contributed by atoms with Gasteiger partial charge in [-0.3, -0.25) is 0 Å². The molecule has 1 saturated heterocycles. The van der Waals surface area contributed by atoms with E-state index in [1.54, 1.807) is 0 Å². The first-order valence-corrected chi connectivity index (χ1v) is 8.84. The highest BCUT2D eigenvalue weighted by Crippen LogP contribution is 2.27. The maximum atomic E-state index is 5.94. The molecule has 1 aliphatic rings. The summed E-state index contributed by atoms with van der Waals surface area (Å²) < 4.78 is 4.81. The van der Waals surface area contributed by atoms with Gasteiger partial charge in [-0.15, -0.1) is 0 Å². The van der Waals surface area contributed by atoms with Crippen LogP contribution < -0.4 is 0 Å². The van der Waals surface area contributed by atoms with Crippen LogP contribution in [0.4, 0.5) is 0 Å². The van der Waals surface area contributed by atoms with Gasteiger partial charge in [-0.1, -0.05) is 47.5 Å². The van der Waals surface area contributed by atoms with E-state index in [4.69, 9.17) is 23.2 Å². The van der Waals surface area contributed by atoms with Gasteiger partial charge in [0.1, 0.15) is 0 Å². The quantitative estimate of drug-likeness (QED) is 0.692. The van der Waals surface area contributed by atoms with Crippen LogP contribution in [0.15, 0.2) is 48.5 Å². The van der Waals surface area contributed by atoms with Crippen molar-refractivity contribution in [2.75, 3.05) is 13.1 Å². The molecule has 5 heteroatoms. The minimum atomic E-state index is 0.791. The summed E-state index contributed by atoms with van der Waals surface area (Å²) in [7, 11) is 0. The second-order valence-electron chi connectivity index (χ2n) is 5.42. The predicted octanol–water partition coefficient (Wildman–Crippen LogP) is 5.26. The van der Waals surface area contributed by atoms with Crippen LogP contribution in [0.5, 0.6) is 0 Å². The van der Waals surface area contributed by atoms with Gasteiger partial charge in [0.05, 0.1) is 0 Å². The second kappa shape index (κ2) is 7.71. The molecule has 3 rings (SSSR count). The monoisotopic (exact) mass is 352 g/mol. The first-order valence-electron chi connectivity index (χ1n) is 7.36. The van der Waals surface area contributed by atoms with Crippen LogP contribution in [-0.2, 0) is 13.1 Å². The Morgan fingerprint density at radius 3 is 1.55 bits per heavy atom. The Kier molecular flexibility index (Phi) is 5.66. The first-order chi connectivity index (χ1) is 10.7. The van der Waals surface area contributed by atoms with Crippen molar-refractivity contribution in [3.8, 4) is 0 Å². The summed E-state index contributed by atoms with van der Waals surface area (Å²) in [5.41, 5.74) is 2.59. The molecule has 0 N–H and O–H groups in total. The number of rotatable bonds is 4. The molecule has 0 spiro atoms. The van der Waals surface area contributed by atoms with Crippen molar-refractivity contribution in [3.05, 3.63) is 69.7 Å². The van der Waals surface area contributed by atoms with E-state index in [1.807, 2.05) is 36.4 Å². The number of hydrogen-bond acceptors (Lipinski definition) is 3. The Morgan fingerprint density at radius 2 is 1.14 bits per heavy atom. The lowest BCUT2D eigenvalue weighted by Gasteiger charge is -2.33. The van der Waals surface area contributed by atoms with E-state index in [1.165, 1.54) is 17.5 Å². The second-order valence-corrected chi connectivity index (χ2v) is 7.48.